The van der Waals surface area contributed by atoms with E-state index in [4.69, 9.17) is 4.42 Å². The molecule has 4 heteroatoms. The maximum Gasteiger partial charge on any atom is 0.336 e. The van der Waals surface area contributed by atoms with E-state index in [0.29, 0.717) is 12.1 Å². The number of nitrogens with zero attached hydrogens (tertiary/aromatic N) is 1. The average Bonchev–Trinajstić information content (AvgIpc) is 2.93. The second-order valence-corrected chi connectivity index (χ2v) is 6.38. The van der Waals surface area contributed by atoms with Crippen LogP contribution in [0.3, 0.4) is 0 Å². The minimum Gasteiger partial charge on any atom is -0.423 e. The van der Waals surface area contributed by atoms with Crippen molar-refractivity contribution in [1.29, 1.82) is 0 Å². The summed E-state index contributed by atoms with van der Waals surface area (Å²) in [4.78, 5) is 11.9. The van der Waals surface area contributed by atoms with E-state index in [1.165, 1.54) is 11.4 Å². The van der Waals surface area contributed by atoms with Crippen LogP contribution >= 0.6 is 0 Å². The summed E-state index contributed by atoms with van der Waals surface area (Å²) < 4.78 is 7.58. The lowest BCUT2D eigenvalue weighted by Gasteiger charge is -2.11. The third-order valence-electron chi connectivity index (χ3n) is 4.81. The molecule has 0 saturated heterocycles. The number of fused-ring (bicyclic) bond motifs is 3. The zero-order valence-electron chi connectivity index (χ0n) is 14.4. The minimum absolute atomic E-state index is 0.311. The molecule has 0 aliphatic rings. The van der Waals surface area contributed by atoms with Crippen LogP contribution in [-0.4, -0.2) is 4.57 Å². The van der Waals surface area contributed by atoms with Gasteiger partial charge < -0.3 is 14.3 Å². The molecule has 2 heterocycles. The molecular weight excluding hydrogens is 312 g/mol. The molecule has 0 atom stereocenters. The average molecular weight is 332 g/mol. The van der Waals surface area contributed by atoms with E-state index >= 15 is 0 Å². The first-order chi connectivity index (χ1) is 12.1. The van der Waals surface area contributed by atoms with Gasteiger partial charge in [0.2, 0.25) is 0 Å². The zero-order chi connectivity index (χ0) is 17.4. The summed E-state index contributed by atoms with van der Waals surface area (Å²) in [5.41, 5.74) is 3.74. The van der Waals surface area contributed by atoms with Crippen LogP contribution in [0.15, 0.2) is 63.8 Å². The molecule has 4 rings (SSSR count). The van der Waals surface area contributed by atoms with Crippen LogP contribution < -0.4 is 10.9 Å². The molecule has 0 saturated carbocycles. The Morgan fingerprint density at radius 3 is 2.68 bits per heavy atom. The first-order valence-electron chi connectivity index (χ1n) is 8.40. The van der Waals surface area contributed by atoms with Crippen molar-refractivity contribution in [1.82, 2.24) is 9.88 Å². The third-order valence-corrected chi connectivity index (χ3v) is 4.81. The summed E-state index contributed by atoms with van der Waals surface area (Å²) in [7, 11) is 2.06. The highest BCUT2D eigenvalue weighted by Crippen LogP contribution is 2.27. The van der Waals surface area contributed by atoms with Crippen LogP contribution in [0.25, 0.3) is 21.7 Å². The molecule has 0 aliphatic carbocycles. The monoisotopic (exact) mass is 332 g/mol. The maximum absolute atomic E-state index is 11.9. The molecule has 0 unspecified atom stereocenters. The highest BCUT2D eigenvalue weighted by molar-refractivity contribution is 6.07. The van der Waals surface area contributed by atoms with Crippen LogP contribution in [0.5, 0.6) is 0 Å². The van der Waals surface area contributed by atoms with E-state index in [1.807, 2.05) is 24.3 Å². The number of aryl methyl sites for hydroxylation is 1. The number of nitrogens with one attached hydrogen (secondary N) is 1. The van der Waals surface area contributed by atoms with Gasteiger partial charge in [-0.2, -0.15) is 0 Å². The number of rotatable bonds is 4. The third kappa shape index (κ3) is 2.85. The molecule has 0 radical (unpaired) electrons. The van der Waals surface area contributed by atoms with Gasteiger partial charge in [0.05, 0.1) is 0 Å². The Bertz CT molecular complexity index is 1120. The van der Waals surface area contributed by atoms with E-state index < -0.39 is 0 Å². The van der Waals surface area contributed by atoms with E-state index in [2.05, 4.69) is 48.1 Å². The molecule has 2 aromatic carbocycles. The van der Waals surface area contributed by atoms with Gasteiger partial charge in [-0.1, -0.05) is 30.3 Å². The summed E-state index contributed by atoms with van der Waals surface area (Å²) in [5, 5.41) is 6.71. The van der Waals surface area contributed by atoms with Gasteiger partial charge in [0.15, 0.2) is 0 Å². The predicted octanol–water partition coefficient (Wildman–Crippen LogP) is 3.88. The smallest absolute Gasteiger partial charge is 0.336 e. The number of aromatic nitrogens is 1. The van der Waals surface area contributed by atoms with Crippen molar-refractivity contribution in [3.05, 3.63) is 82.0 Å². The van der Waals surface area contributed by atoms with Gasteiger partial charge in [0, 0.05) is 43.0 Å². The highest BCUT2D eigenvalue weighted by Gasteiger charge is 2.10. The zero-order valence-corrected chi connectivity index (χ0v) is 14.4. The molecule has 126 valence electrons. The Labute approximate surface area is 145 Å². The lowest BCUT2D eigenvalue weighted by Crippen LogP contribution is -2.16. The van der Waals surface area contributed by atoms with Crippen molar-refractivity contribution in [3.8, 4) is 0 Å². The van der Waals surface area contributed by atoms with Gasteiger partial charge in [0.1, 0.15) is 5.58 Å². The van der Waals surface area contributed by atoms with Crippen LogP contribution in [0, 0.1) is 6.92 Å². The van der Waals surface area contributed by atoms with E-state index in [0.717, 1.165) is 28.3 Å². The topological polar surface area (TPSA) is 47.2 Å². The van der Waals surface area contributed by atoms with Crippen LogP contribution in [0.2, 0.25) is 0 Å². The van der Waals surface area contributed by atoms with E-state index in [1.54, 1.807) is 6.07 Å². The Balaban J connectivity index is 1.72. The van der Waals surface area contributed by atoms with Crippen LogP contribution in [0.4, 0.5) is 0 Å². The molecule has 0 aliphatic heterocycles. The fourth-order valence-corrected chi connectivity index (χ4v) is 3.33. The molecule has 25 heavy (non-hydrogen) atoms. The SMILES string of the molecule is Cc1ccc(CNCc2cc(=O)oc3ccc4ccccc4c23)n1C. The van der Waals surface area contributed by atoms with E-state index in [9.17, 15) is 4.79 Å². The number of hydrogen-bond donors (Lipinski definition) is 1. The normalized spacial score (nSPS) is 11.4. The first kappa shape index (κ1) is 15.7. The Kier molecular flexibility index (Phi) is 3.90. The fraction of sp³-hybridized carbons (Fsp3) is 0.190. The Morgan fingerprint density at radius 2 is 1.88 bits per heavy atom. The highest BCUT2D eigenvalue weighted by atomic mass is 16.4. The van der Waals surface area contributed by atoms with E-state index in [-0.39, 0.29) is 5.63 Å². The Hall–Kier alpha value is -2.85. The van der Waals surface area contributed by atoms with Crippen molar-refractivity contribution in [3.63, 3.8) is 0 Å². The lowest BCUT2D eigenvalue weighted by atomic mass is 10.0. The van der Waals surface area contributed by atoms with Gasteiger partial charge in [-0.25, -0.2) is 4.79 Å². The summed E-state index contributed by atoms with van der Waals surface area (Å²) in [6.45, 7) is 3.45. The second-order valence-electron chi connectivity index (χ2n) is 6.38. The molecule has 0 fully saturated rings. The molecule has 2 aromatic heterocycles. The predicted molar refractivity (Wildman–Crippen MR) is 101 cm³/mol. The van der Waals surface area contributed by atoms with Gasteiger partial charge >= 0.3 is 5.63 Å². The van der Waals surface area contributed by atoms with Crippen molar-refractivity contribution >= 4 is 21.7 Å². The lowest BCUT2D eigenvalue weighted by molar-refractivity contribution is 0.556. The van der Waals surface area contributed by atoms with Gasteiger partial charge in [-0.05, 0) is 41.5 Å². The van der Waals surface area contributed by atoms with Crippen molar-refractivity contribution in [2.45, 2.75) is 20.0 Å². The second kappa shape index (κ2) is 6.22. The molecule has 4 aromatic rings. The van der Waals surface area contributed by atoms with Gasteiger partial charge in [-0.3, -0.25) is 0 Å². The summed E-state index contributed by atoms with van der Waals surface area (Å²) in [6.07, 6.45) is 0. The van der Waals surface area contributed by atoms with Crippen LogP contribution in [-0.2, 0) is 20.1 Å². The van der Waals surface area contributed by atoms with Crippen LogP contribution in [0.1, 0.15) is 17.0 Å². The maximum atomic E-state index is 11.9. The van der Waals surface area contributed by atoms with Crippen molar-refractivity contribution in [2.75, 3.05) is 0 Å². The fourth-order valence-electron chi connectivity index (χ4n) is 3.33. The quantitative estimate of drug-likeness (QED) is 0.456. The molecule has 4 nitrogen and oxygen atoms in total. The van der Waals surface area contributed by atoms with Crippen molar-refractivity contribution < 1.29 is 4.42 Å². The molecule has 0 bridgehead atoms. The summed E-state index contributed by atoms with van der Waals surface area (Å²) in [6, 6.07) is 17.9. The molecule has 0 amide bonds. The first-order valence-corrected chi connectivity index (χ1v) is 8.40. The summed E-state index contributed by atoms with van der Waals surface area (Å²) >= 11 is 0. The van der Waals surface area contributed by atoms with Crippen molar-refractivity contribution in [2.24, 2.45) is 7.05 Å². The molecular formula is C21H20N2O2. The number of benzene rings is 2. The summed E-state index contributed by atoms with van der Waals surface area (Å²) in [5.74, 6) is 0. The number of hydrogen-bond acceptors (Lipinski definition) is 3. The molecule has 0 spiro atoms. The van der Waals surface area contributed by atoms with Gasteiger partial charge in [-0.15, -0.1) is 0 Å². The standard InChI is InChI=1S/C21H20N2O2/c1-14-7-9-17(23(14)2)13-22-12-16-11-20(24)25-19-10-8-15-5-3-4-6-18(15)21(16)19/h3-11,22H,12-13H2,1-2H3. The Morgan fingerprint density at radius 1 is 1.04 bits per heavy atom. The largest absolute Gasteiger partial charge is 0.423 e. The molecule has 1 N–H and O–H groups in total. The minimum atomic E-state index is -0.311. The van der Waals surface area contributed by atoms with Gasteiger partial charge in [0.25, 0.3) is 0 Å².